The number of rotatable bonds is 3. The molecule has 2 rings (SSSR count). The molecule has 3 N–H and O–H groups in total. The Balaban J connectivity index is 2.11. The summed E-state index contributed by atoms with van der Waals surface area (Å²) in [4.78, 5) is 34.3. The van der Waals surface area contributed by atoms with E-state index in [9.17, 15) is 14.4 Å². The number of carbonyl (C=O) groups excluding carboxylic acids is 2. The van der Waals surface area contributed by atoms with Crippen LogP contribution in [0.15, 0.2) is 18.2 Å². The fourth-order valence-corrected chi connectivity index (χ4v) is 2.14. The van der Waals surface area contributed by atoms with Crippen molar-refractivity contribution in [3.8, 4) is 0 Å². The van der Waals surface area contributed by atoms with Gasteiger partial charge in [-0.1, -0.05) is 11.6 Å². The fraction of sp³-hybridized carbons (Fsp3) is 0.357. The van der Waals surface area contributed by atoms with Crippen molar-refractivity contribution in [2.24, 2.45) is 5.92 Å². The molecule has 6 nitrogen and oxygen atoms in total. The summed E-state index contributed by atoms with van der Waals surface area (Å²) in [6.07, 6.45) is 0.795. The molecule has 1 unspecified atom stereocenters. The number of carboxylic acid groups (broad SMARTS) is 1. The third kappa shape index (κ3) is 3.14. The molecule has 106 valence electrons. The molecule has 1 aromatic carbocycles. The highest BCUT2D eigenvalue weighted by molar-refractivity contribution is 6.01. The van der Waals surface area contributed by atoms with E-state index in [0.717, 1.165) is 5.56 Å². The van der Waals surface area contributed by atoms with Gasteiger partial charge in [0.25, 0.3) is 0 Å². The van der Waals surface area contributed by atoms with Crippen molar-refractivity contribution < 1.29 is 19.5 Å². The lowest BCUT2D eigenvalue weighted by atomic mass is 9.98. The van der Waals surface area contributed by atoms with Crippen molar-refractivity contribution in [1.29, 1.82) is 0 Å². The lowest BCUT2D eigenvalue weighted by Crippen LogP contribution is -2.40. The molecule has 6 heteroatoms. The molecule has 0 radical (unpaired) electrons. The minimum absolute atomic E-state index is 0.0596. The third-order valence-corrected chi connectivity index (χ3v) is 3.30. The van der Waals surface area contributed by atoms with Gasteiger partial charge >= 0.3 is 5.97 Å². The molecule has 1 atom stereocenters. The second-order valence-corrected chi connectivity index (χ2v) is 4.88. The van der Waals surface area contributed by atoms with Gasteiger partial charge in [0.05, 0.1) is 17.2 Å². The Kier molecular flexibility index (Phi) is 4.02. The molecule has 2 amide bonds. The van der Waals surface area contributed by atoms with Crippen molar-refractivity contribution in [1.82, 2.24) is 5.32 Å². The van der Waals surface area contributed by atoms with Crippen molar-refractivity contribution in [3.63, 3.8) is 0 Å². The van der Waals surface area contributed by atoms with Gasteiger partial charge in [-0.3, -0.25) is 9.59 Å². The maximum absolute atomic E-state index is 12.1. The van der Waals surface area contributed by atoms with Crippen LogP contribution in [0, 0.1) is 12.8 Å². The lowest BCUT2D eigenvalue weighted by Gasteiger charge is -2.22. The number of piperidine rings is 1. The summed E-state index contributed by atoms with van der Waals surface area (Å²) in [5, 5.41) is 14.4. The van der Waals surface area contributed by atoms with E-state index in [1.54, 1.807) is 19.1 Å². The average molecular weight is 276 g/mol. The summed E-state index contributed by atoms with van der Waals surface area (Å²) in [7, 11) is 0. The van der Waals surface area contributed by atoms with Gasteiger partial charge in [-0.15, -0.1) is 0 Å². The number of benzene rings is 1. The number of aryl methyl sites for hydroxylation is 1. The second-order valence-electron chi connectivity index (χ2n) is 4.88. The first-order valence-electron chi connectivity index (χ1n) is 6.39. The zero-order valence-electron chi connectivity index (χ0n) is 11.1. The second kappa shape index (κ2) is 5.73. The fourth-order valence-electron chi connectivity index (χ4n) is 2.14. The molecule has 0 aliphatic carbocycles. The van der Waals surface area contributed by atoms with Gasteiger partial charge in [0.1, 0.15) is 0 Å². The SMILES string of the molecule is Cc1ccc(NC(=O)C2CCC(=O)NC2)c(C(=O)O)c1. The van der Waals surface area contributed by atoms with Crippen LogP contribution in [0.4, 0.5) is 5.69 Å². The Bertz CT molecular complexity index is 558. The number of amides is 2. The minimum Gasteiger partial charge on any atom is -0.478 e. The molecular weight excluding hydrogens is 260 g/mol. The van der Waals surface area contributed by atoms with Gasteiger partial charge in [-0.25, -0.2) is 4.79 Å². The number of aromatic carboxylic acids is 1. The van der Waals surface area contributed by atoms with Gasteiger partial charge in [0.15, 0.2) is 0 Å². The zero-order valence-corrected chi connectivity index (χ0v) is 11.1. The van der Waals surface area contributed by atoms with Gasteiger partial charge in [0.2, 0.25) is 11.8 Å². The van der Waals surface area contributed by atoms with E-state index in [1.165, 1.54) is 6.07 Å². The Labute approximate surface area is 116 Å². The van der Waals surface area contributed by atoms with Crippen LogP contribution >= 0.6 is 0 Å². The molecular formula is C14H16N2O4. The standard InChI is InChI=1S/C14H16N2O4/c1-8-2-4-11(10(6-8)14(19)20)16-13(18)9-3-5-12(17)15-7-9/h2,4,6,9H,3,5,7H2,1H3,(H,15,17)(H,16,18)(H,19,20). The Morgan fingerprint density at radius 2 is 2.15 bits per heavy atom. The molecule has 1 fully saturated rings. The van der Waals surface area contributed by atoms with Gasteiger partial charge in [-0.05, 0) is 25.5 Å². The molecule has 1 saturated heterocycles. The average Bonchev–Trinajstić information content (AvgIpc) is 2.41. The Morgan fingerprint density at radius 3 is 2.75 bits per heavy atom. The molecule has 0 aromatic heterocycles. The van der Waals surface area contributed by atoms with Crippen LogP contribution in [-0.2, 0) is 9.59 Å². The van der Waals surface area contributed by atoms with Crippen molar-refractivity contribution in [2.45, 2.75) is 19.8 Å². The van der Waals surface area contributed by atoms with E-state index in [0.29, 0.717) is 19.4 Å². The number of carbonyl (C=O) groups is 3. The van der Waals surface area contributed by atoms with Crippen LogP contribution in [0.2, 0.25) is 0 Å². The largest absolute Gasteiger partial charge is 0.478 e. The predicted molar refractivity (Wildman–Crippen MR) is 72.5 cm³/mol. The molecule has 1 aromatic rings. The van der Waals surface area contributed by atoms with E-state index in [2.05, 4.69) is 10.6 Å². The monoisotopic (exact) mass is 276 g/mol. The molecule has 20 heavy (non-hydrogen) atoms. The zero-order chi connectivity index (χ0) is 14.7. The van der Waals surface area contributed by atoms with Gasteiger partial charge < -0.3 is 15.7 Å². The molecule has 0 spiro atoms. The summed E-state index contributed by atoms with van der Waals surface area (Å²) >= 11 is 0. The highest BCUT2D eigenvalue weighted by atomic mass is 16.4. The van der Waals surface area contributed by atoms with Crippen LogP contribution in [0.5, 0.6) is 0 Å². The Hall–Kier alpha value is -2.37. The minimum atomic E-state index is -1.08. The first-order valence-corrected chi connectivity index (χ1v) is 6.39. The highest BCUT2D eigenvalue weighted by Gasteiger charge is 2.25. The summed E-state index contributed by atoms with van der Waals surface area (Å²) in [5.74, 6) is -1.73. The van der Waals surface area contributed by atoms with E-state index in [4.69, 9.17) is 5.11 Å². The summed E-state index contributed by atoms with van der Waals surface area (Å²) in [6, 6.07) is 4.84. The van der Waals surface area contributed by atoms with E-state index in [-0.39, 0.29) is 29.0 Å². The lowest BCUT2D eigenvalue weighted by molar-refractivity contribution is -0.126. The Morgan fingerprint density at radius 1 is 1.40 bits per heavy atom. The van der Waals surface area contributed by atoms with E-state index >= 15 is 0 Å². The van der Waals surface area contributed by atoms with Crippen LogP contribution in [0.1, 0.15) is 28.8 Å². The van der Waals surface area contributed by atoms with Crippen molar-refractivity contribution >= 4 is 23.5 Å². The van der Waals surface area contributed by atoms with Gasteiger partial charge in [0, 0.05) is 13.0 Å². The number of anilines is 1. The number of hydrogen-bond donors (Lipinski definition) is 3. The van der Waals surface area contributed by atoms with Crippen molar-refractivity contribution in [2.75, 3.05) is 11.9 Å². The van der Waals surface area contributed by atoms with Crippen molar-refractivity contribution in [3.05, 3.63) is 29.3 Å². The summed E-state index contributed by atoms with van der Waals surface area (Å²) < 4.78 is 0. The predicted octanol–water partition coefficient (Wildman–Crippen LogP) is 1.16. The van der Waals surface area contributed by atoms with Crippen LogP contribution in [-0.4, -0.2) is 29.4 Å². The first kappa shape index (κ1) is 14.0. The molecule has 0 bridgehead atoms. The summed E-state index contributed by atoms with van der Waals surface area (Å²) in [6.45, 7) is 2.08. The molecule has 1 heterocycles. The number of carboxylic acids is 1. The van der Waals surface area contributed by atoms with Crippen LogP contribution in [0.25, 0.3) is 0 Å². The van der Waals surface area contributed by atoms with E-state index < -0.39 is 5.97 Å². The molecule has 1 aliphatic heterocycles. The topological polar surface area (TPSA) is 95.5 Å². The highest BCUT2D eigenvalue weighted by Crippen LogP contribution is 2.20. The van der Waals surface area contributed by atoms with Crippen LogP contribution in [0.3, 0.4) is 0 Å². The first-order chi connectivity index (χ1) is 9.47. The smallest absolute Gasteiger partial charge is 0.337 e. The summed E-state index contributed by atoms with van der Waals surface area (Å²) in [5.41, 5.74) is 1.16. The number of nitrogens with one attached hydrogen (secondary N) is 2. The third-order valence-electron chi connectivity index (χ3n) is 3.30. The number of hydrogen-bond acceptors (Lipinski definition) is 3. The van der Waals surface area contributed by atoms with Crippen LogP contribution < -0.4 is 10.6 Å². The maximum Gasteiger partial charge on any atom is 0.337 e. The van der Waals surface area contributed by atoms with Gasteiger partial charge in [-0.2, -0.15) is 0 Å². The normalized spacial score (nSPS) is 18.2. The molecule has 1 aliphatic rings. The maximum atomic E-state index is 12.1. The van der Waals surface area contributed by atoms with E-state index in [1.807, 2.05) is 0 Å². The molecule has 0 saturated carbocycles. The quantitative estimate of drug-likeness (QED) is 0.772.